The largest absolute Gasteiger partial charge is 0.385 e. The number of halogens is 1. The first-order valence-electron chi connectivity index (χ1n) is 8.26. The van der Waals surface area contributed by atoms with Gasteiger partial charge in [0.25, 0.3) is 0 Å². The summed E-state index contributed by atoms with van der Waals surface area (Å²) in [6, 6.07) is 5.11. The zero-order chi connectivity index (χ0) is 15.1. The fourth-order valence-corrected chi connectivity index (χ4v) is 4.76. The molecule has 21 heavy (non-hydrogen) atoms. The van der Waals surface area contributed by atoms with Crippen LogP contribution in [0.25, 0.3) is 0 Å². The van der Waals surface area contributed by atoms with Gasteiger partial charge >= 0.3 is 0 Å². The Hall–Kier alpha value is -0.930. The Balaban J connectivity index is 2.04. The van der Waals surface area contributed by atoms with Crippen molar-refractivity contribution in [1.29, 1.82) is 0 Å². The number of aliphatic hydroxyl groups is 1. The summed E-state index contributed by atoms with van der Waals surface area (Å²) in [4.78, 5) is 0. The Bertz CT molecular complexity index is 532. The van der Waals surface area contributed by atoms with Crippen LogP contribution in [-0.2, 0) is 12.0 Å². The van der Waals surface area contributed by atoms with E-state index in [1.807, 2.05) is 6.07 Å². The van der Waals surface area contributed by atoms with Crippen LogP contribution in [-0.4, -0.2) is 11.7 Å². The normalized spacial score (nSPS) is 35.7. The van der Waals surface area contributed by atoms with Crippen LogP contribution in [0.3, 0.4) is 0 Å². The van der Waals surface area contributed by atoms with Gasteiger partial charge in [0.05, 0.1) is 5.60 Å². The standard InChI is InChI=1S/C18H26FNO/c1-2-13-5-4-9-17(11-13,12-20)18(21)10-8-14-15(18)6-3-7-16(14)19/h3,6-7,13,21H,2,4-5,8-12,20H2,1H3. The molecule has 3 N–H and O–H groups in total. The van der Waals surface area contributed by atoms with Crippen LogP contribution < -0.4 is 5.73 Å². The van der Waals surface area contributed by atoms with Crippen molar-refractivity contribution in [3.05, 3.63) is 35.1 Å². The second-order valence-electron chi connectivity index (χ2n) is 6.98. The van der Waals surface area contributed by atoms with Gasteiger partial charge in [0, 0.05) is 12.0 Å². The number of rotatable bonds is 3. The average Bonchev–Trinajstić information content (AvgIpc) is 2.88. The van der Waals surface area contributed by atoms with E-state index in [1.165, 1.54) is 12.5 Å². The highest BCUT2D eigenvalue weighted by Gasteiger charge is 2.55. The lowest BCUT2D eigenvalue weighted by atomic mass is 9.58. The van der Waals surface area contributed by atoms with Gasteiger partial charge in [0.2, 0.25) is 0 Å². The van der Waals surface area contributed by atoms with E-state index in [0.717, 1.165) is 31.2 Å². The highest BCUT2D eigenvalue weighted by atomic mass is 19.1. The quantitative estimate of drug-likeness (QED) is 0.895. The molecule has 0 spiro atoms. The van der Waals surface area contributed by atoms with Gasteiger partial charge in [-0.1, -0.05) is 38.3 Å². The molecule has 1 aromatic rings. The van der Waals surface area contributed by atoms with Crippen LogP contribution in [0, 0.1) is 17.2 Å². The molecule has 0 bridgehead atoms. The van der Waals surface area contributed by atoms with Crippen LogP contribution in [0.2, 0.25) is 0 Å². The lowest BCUT2D eigenvalue weighted by molar-refractivity contribution is -0.114. The van der Waals surface area contributed by atoms with Gasteiger partial charge in [-0.25, -0.2) is 4.39 Å². The van der Waals surface area contributed by atoms with Crippen molar-refractivity contribution in [1.82, 2.24) is 0 Å². The number of nitrogens with two attached hydrogens (primary N) is 1. The first kappa shape index (κ1) is 15.0. The summed E-state index contributed by atoms with van der Waals surface area (Å²) in [5.74, 6) is 0.447. The van der Waals surface area contributed by atoms with Crippen LogP contribution in [0.1, 0.15) is 56.6 Å². The lowest BCUT2D eigenvalue weighted by Crippen LogP contribution is -2.51. The Morgan fingerprint density at radius 2 is 2.19 bits per heavy atom. The molecule has 2 aliphatic rings. The number of hydrogen-bond donors (Lipinski definition) is 2. The third kappa shape index (κ3) is 2.13. The predicted molar refractivity (Wildman–Crippen MR) is 82.4 cm³/mol. The van der Waals surface area contributed by atoms with Crippen molar-refractivity contribution in [2.75, 3.05) is 6.54 Å². The highest BCUT2D eigenvalue weighted by molar-refractivity contribution is 5.40. The van der Waals surface area contributed by atoms with Crippen molar-refractivity contribution in [3.8, 4) is 0 Å². The van der Waals surface area contributed by atoms with E-state index in [-0.39, 0.29) is 11.2 Å². The van der Waals surface area contributed by atoms with Crippen LogP contribution in [0.5, 0.6) is 0 Å². The molecule has 0 saturated heterocycles. The molecule has 2 nitrogen and oxygen atoms in total. The first-order chi connectivity index (χ1) is 10.1. The van der Waals surface area contributed by atoms with E-state index < -0.39 is 5.60 Å². The van der Waals surface area contributed by atoms with Crippen molar-refractivity contribution < 1.29 is 9.50 Å². The van der Waals surface area contributed by atoms with Gasteiger partial charge in [-0.05, 0) is 48.8 Å². The van der Waals surface area contributed by atoms with Crippen LogP contribution >= 0.6 is 0 Å². The Morgan fingerprint density at radius 3 is 2.90 bits per heavy atom. The molecule has 1 saturated carbocycles. The molecule has 1 fully saturated rings. The minimum atomic E-state index is -0.951. The van der Waals surface area contributed by atoms with Crippen molar-refractivity contribution in [2.45, 2.75) is 57.5 Å². The van der Waals surface area contributed by atoms with E-state index in [4.69, 9.17) is 5.73 Å². The smallest absolute Gasteiger partial charge is 0.126 e. The van der Waals surface area contributed by atoms with Gasteiger partial charge in [0.1, 0.15) is 5.82 Å². The summed E-state index contributed by atoms with van der Waals surface area (Å²) in [5, 5.41) is 11.5. The molecule has 3 heteroatoms. The molecule has 3 rings (SSSR count). The fourth-order valence-electron chi connectivity index (χ4n) is 4.76. The highest BCUT2D eigenvalue weighted by Crippen LogP contribution is 2.56. The number of benzene rings is 1. The maximum absolute atomic E-state index is 14.0. The molecule has 0 amide bonds. The minimum Gasteiger partial charge on any atom is -0.385 e. The van der Waals surface area contributed by atoms with Crippen molar-refractivity contribution >= 4 is 0 Å². The first-order valence-corrected chi connectivity index (χ1v) is 8.26. The summed E-state index contributed by atoms with van der Waals surface area (Å²) >= 11 is 0. The zero-order valence-corrected chi connectivity index (χ0v) is 12.9. The van der Waals surface area contributed by atoms with Gasteiger partial charge in [-0.3, -0.25) is 0 Å². The molecule has 1 aromatic carbocycles. The molecule has 0 aromatic heterocycles. The van der Waals surface area contributed by atoms with Crippen molar-refractivity contribution in [2.24, 2.45) is 17.1 Å². The maximum atomic E-state index is 14.0. The second-order valence-corrected chi connectivity index (χ2v) is 6.98. The third-order valence-electron chi connectivity index (χ3n) is 6.09. The molecule has 0 radical (unpaired) electrons. The van der Waals surface area contributed by atoms with E-state index in [0.29, 0.717) is 30.9 Å². The van der Waals surface area contributed by atoms with Crippen molar-refractivity contribution in [3.63, 3.8) is 0 Å². The number of fused-ring (bicyclic) bond motifs is 1. The van der Waals surface area contributed by atoms with E-state index in [9.17, 15) is 9.50 Å². The molecule has 0 aliphatic heterocycles. The summed E-state index contributed by atoms with van der Waals surface area (Å²) in [7, 11) is 0. The summed E-state index contributed by atoms with van der Waals surface area (Å²) in [6.07, 6.45) is 6.62. The molecule has 116 valence electrons. The summed E-state index contributed by atoms with van der Waals surface area (Å²) in [6.45, 7) is 2.69. The second kappa shape index (κ2) is 5.36. The molecular formula is C18H26FNO. The molecule has 2 aliphatic carbocycles. The Labute approximate surface area is 126 Å². The molecule has 0 heterocycles. The topological polar surface area (TPSA) is 46.2 Å². The van der Waals surface area contributed by atoms with E-state index in [1.54, 1.807) is 6.07 Å². The zero-order valence-electron chi connectivity index (χ0n) is 12.9. The van der Waals surface area contributed by atoms with Gasteiger partial charge in [0.15, 0.2) is 0 Å². The Kier molecular flexibility index (Phi) is 3.83. The van der Waals surface area contributed by atoms with Gasteiger partial charge in [-0.2, -0.15) is 0 Å². The maximum Gasteiger partial charge on any atom is 0.126 e. The SMILES string of the molecule is CCC1CCCC(CN)(C2(O)CCc3c(F)cccc32)C1. The predicted octanol–water partition coefficient (Wildman–Crippen LogP) is 3.50. The minimum absolute atomic E-state index is 0.182. The van der Waals surface area contributed by atoms with E-state index in [2.05, 4.69) is 6.92 Å². The summed E-state index contributed by atoms with van der Waals surface area (Å²) in [5.41, 5.74) is 6.42. The number of hydrogen-bond acceptors (Lipinski definition) is 2. The average molecular weight is 291 g/mol. The van der Waals surface area contributed by atoms with E-state index >= 15 is 0 Å². The Morgan fingerprint density at radius 1 is 1.38 bits per heavy atom. The van der Waals surface area contributed by atoms with Gasteiger partial charge < -0.3 is 10.8 Å². The van der Waals surface area contributed by atoms with Crippen LogP contribution in [0.4, 0.5) is 4.39 Å². The van der Waals surface area contributed by atoms with Gasteiger partial charge in [-0.15, -0.1) is 0 Å². The van der Waals surface area contributed by atoms with Crippen LogP contribution in [0.15, 0.2) is 18.2 Å². The molecule has 3 atom stereocenters. The molecular weight excluding hydrogens is 265 g/mol. The molecule has 3 unspecified atom stereocenters. The third-order valence-corrected chi connectivity index (χ3v) is 6.09. The summed E-state index contributed by atoms with van der Waals surface area (Å²) < 4.78 is 14.0. The lowest BCUT2D eigenvalue weighted by Gasteiger charge is -2.50. The fraction of sp³-hybridized carbons (Fsp3) is 0.667. The monoisotopic (exact) mass is 291 g/mol.